The molecular formula is C12H20N4O. The van der Waals surface area contributed by atoms with Crippen LogP contribution in [0.3, 0.4) is 0 Å². The van der Waals surface area contributed by atoms with Gasteiger partial charge in [0.1, 0.15) is 11.5 Å². The Balaban J connectivity index is 2.26. The average molecular weight is 236 g/mol. The van der Waals surface area contributed by atoms with Gasteiger partial charge in [-0.05, 0) is 45.6 Å². The van der Waals surface area contributed by atoms with Gasteiger partial charge in [-0.3, -0.25) is 4.79 Å². The Bertz CT molecular complexity index is 365. The second kappa shape index (κ2) is 6.85. The third-order valence-electron chi connectivity index (χ3n) is 2.32. The number of unbranched alkanes of at least 4 members (excludes halogenated alkanes) is 1. The number of hydrogen-bond acceptors (Lipinski definition) is 4. The summed E-state index contributed by atoms with van der Waals surface area (Å²) in [6.07, 6.45) is 2.03. The molecule has 3 N–H and O–H groups in total. The number of hydrogen-bond donors (Lipinski definition) is 2. The highest BCUT2D eigenvalue weighted by molar-refractivity contribution is 5.92. The van der Waals surface area contributed by atoms with E-state index < -0.39 is 0 Å². The molecule has 0 aliphatic heterocycles. The van der Waals surface area contributed by atoms with Crippen molar-refractivity contribution in [2.45, 2.75) is 12.8 Å². The van der Waals surface area contributed by atoms with Crippen molar-refractivity contribution in [3.63, 3.8) is 0 Å². The molecule has 1 amide bonds. The fourth-order valence-electron chi connectivity index (χ4n) is 1.42. The smallest absolute Gasteiger partial charge is 0.269 e. The van der Waals surface area contributed by atoms with Crippen LogP contribution in [0.25, 0.3) is 0 Å². The first-order chi connectivity index (χ1) is 8.09. The number of aromatic nitrogens is 1. The van der Waals surface area contributed by atoms with Crippen LogP contribution in [0.5, 0.6) is 0 Å². The molecule has 1 rings (SSSR count). The molecular weight excluding hydrogens is 216 g/mol. The Kier molecular flexibility index (Phi) is 5.42. The standard InChI is InChI=1S/C12H20N4O/c1-16(2)9-4-3-8-14-12(17)10-6-5-7-11(13)15-10/h5-7H,3-4,8-9H2,1-2H3,(H2,13,15)(H,14,17). The predicted octanol–water partition coefficient (Wildman–Crippen LogP) is 0.735. The van der Waals surface area contributed by atoms with Gasteiger partial charge in [0.25, 0.3) is 5.91 Å². The van der Waals surface area contributed by atoms with Crippen molar-refractivity contribution in [3.8, 4) is 0 Å². The monoisotopic (exact) mass is 236 g/mol. The number of pyridine rings is 1. The topological polar surface area (TPSA) is 71.2 Å². The van der Waals surface area contributed by atoms with Gasteiger partial charge in [-0.15, -0.1) is 0 Å². The van der Waals surface area contributed by atoms with Crippen molar-refractivity contribution in [1.29, 1.82) is 0 Å². The van der Waals surface area contributed by atoms with Crippen LogP contribution in [0.2, 0.25) is 0 Å². The van der Waals surface area contributed by atoms with Gasteiger partial charge in [0.05, 0.1) is 0 Å². The Labute approximate surface area is 102 Å². The highest BCUT2D eigenvalue weighted by atomic mass is 16.1. The van der Waals surface area contributed by atoms with Gasteiger partial charge < -0.3 is 16.0 Å². The van der Waals surface area contributed by atoms with Crippen molar-refractivity contribution in [2.24, 2.45) is 0 Å². The summed E-state index contributed by atoms with van der Waals surface area (Å²) >= 11 is 0. The van der Waals surface area contributed by atoms with E-state index in [2.05, 4.69) is 15.2 Å². The van der Waals surface area contributed by atoms with E-state index in [4.69, 9.17) is 5.73 Å². The van der Waals surface area contributed by atoms with Crippen molar-refractivity contribution in [3.05, 3.63) is 23.9 Å². The summed E-state index contributed by atoms with van der Waals surface area (Å²) in [5.74, 6) is 0.201. The van der Waals surface area contributed by atoms with Gasteiger partial charge in [0, 0.05) is 6.54 Å². The maximum atomic E-state index is 11.7. The second-order valence-corrected chi connectivity index (χ2v) is 4.21. The van der Waals surface area contributed by atoms with Crippen LogP contribution in [0.4, 0.5) is 5.82 Å². The normalized spacial score (nSPS) is 10.5. The molecule has 94 valence electrons. The molecule has 5 nitrogen and oxygen atoms in total. The van der Waals surface area contributed by atoms with Crippen molar-refractivity contribution >= 4 is 11.7 Å². The van der Waals surface area contributed by atoms with E-state index in [1.165, 1.54) is 0 Å². The fourth-order valence-corrected chi connectivity index (χ4v) is 1.42. The second-order valence-electron chi connectivity index (χ2n) is 4.21. The molecule has 5 heteroatoms. The van der Waals surface area contributed by atoms with Gasteiger partial charge in [0.2, 0.25) is 0 Å². The molecule has 0 saturated heterocycles. The Morgan fingerprint density at radius 3 is 2.82 bits per heavy atom. The zero-order valence-electron chi connectivity index (χ0n) is 10.4. The van der Waals surface area contributed by atoms with Gasteiger partial charge in [-0.2, -0.15) is 0 Å². The minimum absolute atomic E-state index is 0.165. The average Bonchev–Trinajstić information content (AvgIpc) is 2.28. The summed E-state index contributed by atoms with van der Waals surface area (Å²) in [6.45, 7) is 1.70. The summed E-state index contributed by atoms with van der Waals surface area (Å²) in [4.78, 5) is 17.7. The van der Waals surface area contributed by atoms with E-state index in [1.807, 2.05) is 14.1 Å². The third-order valence-corrected chi connectivity index (χ3v) is 2.32. The van der Waals surface area contributed by atoms with E-state index in [0.29, 0.717) is 18.1 Å². The molecule has 17 heavy (non-hydrogen) atoms. The van der Waals surface area contributed by atoms with Crippen LogP contribution in [0.15, 0.2) is 18.2 Å². The lowest BCUT2D eigenvalue weighted by molar-refractivity contribution is 0.0948. The van der Waals surface area contributed by atoms with Gasteiger partial charge >= 0.3 is 0 Å². The minimum atomic E-state index is -0.165. The molecule has 1 heterocycles. The van der Waals surface area contributed by atoms with Gasteiger partial charge in [-0.25, -0.2) is 4.98 Å². The zero-order valence-corrected chi connectivity index (χ0v) is 10.4. The summed E-state index contributed by atoms with van der Waals surface area (Å²) in [7, 11) is 4.07. The lowest BCUT2D eigenvalue weighted by atomic mass is 10.3. The maximum absolute atomic E-state index is 11.7. The van der Waals surface area contributed by atoms with Crippen LogP contribution in [0.1, 0.15) is 23.3 Å². The highest BCUT2D eigenvalue weighted by Crippen LogP contribution is 2.00. The Hall–Kier alpha value is -1.62. The third kappa shape index (κ3) is 5.31. The summed E-state index contributed by atoms with van der Waals surface area (Å²) in [6, 6.07) is 5.04. The minimum Gasteiger partial charge on any atom is -0.384 e. The number of carbonyl (C=O) groups excluding carboxylic acids is 1. The lowest BCUT2D eigenvalue weighted by Gasteiger charge is -2.09. The summed E-state index contributed by atoms with van der Waals surface area (Å²) in [5.41, 5.74) is 5.88. The number of nitrogens with two attached hydrogens (primary N) is 1. The number of carbonyl (C=O) groups is 1. The molecule has 0 radical (unpaired) electrons. The van der Waals surface area contributed by atoms with Crippen molar-refractivity contribution in [1.82, 2.24) is 15.2 Å². The summed E-state index contributed by atoms with van der Waals surface area (Å²) < 4.78 is 0. The van der Waals surface area contributed by atoms with E-state index >= 15 is 0 Å². The molecule has 0 aliphatic carbocycles. The van der Waals surface area contributed by atoms with E-state index in [0.717, 1.165) is 19.4 Å². The van der Waals surface area contributed by atoms with Gasteiger partial charge in [0.15, 0.2) is 0 Å². The van der Waals surface area contributed by atoms with Crippen LogP contribution < -0.4 is 11.1 Å². The molecule has 0 spiro atoms. The lowest BCUT2D eigenvalue weighted by Crippen LogP contribution is -2.26. The first-order valence-electron chi connectivity index (χ1n) is 5.75. The van der Waals surface area contributed by atoms with Crippen LogP contribution in [-0.2, 0) is 0 Å². The molecule has 1 aromatic heterocycles. The van der Waals surface area contributed by atoms with Crippen LogP contribution >= 0.6 is 0 Å². The molecule has 1 aromatic rings. The Morgan fingerprint density at radius 1 is 1.41 bits per heavy atom. The summed E-state index contributed by atoms with van der Waals surface area (Å²) in [5, 5.41) is 2.82. The molecule has 0 aliphatic rings. The number of nitrogen functional groups attached to an aromatic ring is 1. The molecule has 0 aromatic carbocycles. The molecule has 0 unspecified atom stereocenters. The molecule has 0 saturated carbocycles. The molecule has 0 bridgehead atoms. The largest absolute Gasteiger partial charge is 0.384 e. The van der Waals surface area contributed by atoms with Crippen molar-refractivity contribution < 1.29 is 4.79 Å². The first kappa shape index (κ1) is 13.4. The number of nitrogens with one attached hydrogen (secondary N) is 1. The van der Waals surface area contributed by atoms with E-state index in [-0.39, 0.29) is 5.91 Å². The quantitative estimate of drug-likeness (QED) is 0.714. The number of rotatable bonds is 6. The van der Waals surface area contributed by atoms with Crippen molar-refractivity contribution in [2.75, 3.05) is 32.9 Å². The number of amides is 1. The van der Waals surface area contributed by atoms with Crippen LogP contribution in [-0.4, -0.2) is 43.0 Å². The van der Waals surface area contributed by atoms with E-state index in [9.17, 15) is 4.79 Å². The molecule has 0 fully saturated rings. The van der Waals surface area contributed by atoms with Crippen LogP contribution in [0, 0.1) is 0 Å². The number of nitrogens with zero attached hydrogens (tertiary/aromatic N) is 2. The zero-order chi connectivity index (χ0) is 12.7. The fraction of sp³-hybridized carbons (Fsp3) is 0.500. The molecule has 0 atom stereocenters. The Morgan fingerprint density at radius 2 is 2.18 bits per heavy atom. The SMILES string of the molecule is CN(C)CCCCNC(=O)c1cccc(N)n1. The first-order valence-corrected chi connectivity index (χ1v) is 5.75. The maximum Gasteiger partial charge on any atom is 0.269 e. The number of anilines is 1. The highest BCUT2D eigenvalue weighted by Gasteiger charge is 2.05. The van der Waals surface area contributed by atoms with E-state index in [1.54, 1.807) is 18.2 Å². The van der Waals surface area contributed by atoms with Gasteiger partial charge in [-0.1, -0.05) is 6.07 Å². The predicted molar refractivity (Wildman–Crippen MR) is 68.8 cm³/mol.